The highest BCUT2D eigenvalue weighted by molar-refractivity contribution is 5.96. The first-order valence-electron chi connectivity index (χ1n) is 8.78. The van der Waals surface area contributed by atoms with Crippen LogP contribution >= 0.6 is 0 Å². The Labute approximate surface area is 153 Å². The van der Waals surface area contributed by atoms with Crippen LogP contribution in [0.1, 0.15) is 45.6 Å². The number of hydrogen-bond acceptors (Lipinski definition) is 5. The minimum absolute atomic E-state index is 0.114. The molecular formula is C19H26N2O5. The summed E-state index contributed by atoms with van der Waals surface area (Å²) in [5.74, 6) is -0.464. The van der Waals surface area contributed by atoms with Crippen LogP contribution in [0, 0.1) is 0 Å². The van der Waals surface area contributed by atoms with Crippen LogP contribution in [-0.4, -0.2) is 41.2 Å². The quantitative estimate of drug-likeness (QED) is 0.892. The average molecular weight is 362 g/mol. The fourth-order valence-corrected chi connectivity index (χ4v) is 2.58. The van der Waals surface area contributed by atoms with E-state index >= 15 is 0 Å². The molecule has 1 heterocycles. The van der Waals surface area contributed by atoms with Crippen molar-refractivity contribution in [2.24, 2.45) is 0 Å². The smallest absolute Gasteiger partial charge is 0.417 e. The van der Waals surface area contributed by atoms with Gasteiger partial charge < -0.3 is 14.8 Å². The number of alkyl carbamates (subject to hydrolysis) is 1. The standard InChI is InChI=1S/C19H26N2O5/c1-19(2,3)26-18(24)21-12-8-7-11-15(16(21)22)20-17(23)25-13-14-9-5-4-6-10-14/h4-6,9-10,15H,7-8,11-13H2,1-3H3,(H,20,23)/t15-/m0/s1. The second-order valence-electron chi connectivity index (χ2n) is 7.22. The fraction of sp³-hybridized carbons (Fsp3) is 0.526. The van der Waals surface area contributed by atoms with Gasteiger partial charge in [0, 0.05) is 6.54 Å². The number of ether oxygens (including phenoxy) is 2. The maximum atomic E-state index is 12.6. The molecule has 0 spiro atoms. The van der Waals surface area contributed by atoms with Crippen LogP contribution in [0.4, 0.5) is 9.59 Å². The molecule has 0 radical (unpaired) electrons. The van der Waals surface area contributed by atoms with Crippen LogP contribution in [0.5, 0.6) is 0 Å². The number of nitrogens with one attached hydrogen (secondary N) is 1. The number of nitrogens with zero attached hydrogens (tertiary/aromatic N) is 1. The highest BCUT2D eigenvalue weighted by Crippen LogP contribution is 2.17. The number of amides is 3. The Bertz CT molecular complexity index is 639. The molecule has 0 aliphatic carbocycles. The average Bonchev–Trinajstić information content (AvgIpc) is 2.75. The monoisotopic (exact) mass is 362 g/mol. The SMILES string of the molecule is CC(C)(C)OC(=O)N1CCCC[C@H](NC(=O)OCc2ccccc2)C1=O. The van der Waals surface area contributed by atoms with E-state index in [2.05, 4.69) is 5.32 Å². The number of hydrogen-bond donors (Lipinski definition) is 1. The normalized spacial score (nSPS) is 18.0. The van der Waals surface area contributed by atoms with Crippen LogP contribution in [0.15, 0.2) is 30.3 Å². The van der Waals surface area contributed by atoms with E-state index in [0.29, 0.717) is 19.3 Å². The lowest BCUT2D eigenvalue weighted by atomic mass is 10.1. The third-order valence-corrected chi connectivity index (χ3v) is 3.81. The maximum absolute atomic E-state index is 12.6. The topological polar surface area (TPSA) is 84.9 Å². The van der Waals surface area contributed by atoms with Gasteiger partial charge in [0.2, 0.25) is 0 Å². The molecular weight excluding hydrogens is 336 g/mol. The lowest BCUT2D eigenvalue weighted by Gasteiger charge is -2.27. The summed E-state index contributed by atoms with van der Waals surface area (Å²) in [4.78, 5) is 38.0. The Kier molecular flexibility index (Phi) is 6.60. The van der Waals surface area contributed by atoms with Gasteiger partial charge in [0.1, 0.15) is 18.2 Å². The van der Waals surface area contributed by atoms with Crippen LogP contribution in [0.25, 0.3) is 0 Å². The van der Waals surface area contributed by atoms with Gasteiger partial charge in [-0.1, -0.05) is 30.3 Å². The van der Waals surface area contributed by atoms with E-state index in [1.54, 1.807) is 20.8 Å². The highest BCUT2D eigenvalue weighted by atomic mass is 16.6. The van der Waals surface area contributed by atoms with Crippen LogP contribution in [0.2, 0.25) is 0 Å². The Balaban J connectivity index is 1.93. The lowest BCUT2D eigenvalue weighted by molar-refractivity contribution is -0.131. The zero-order chi connectivity index (χ0) is 19.2. The van der Waals surface area contributed by atoms with Crippen molar-refractivity contribution in [1.29, 1.82) is 0 Å². The molecule has 3 amide bonds. The van der Waals surface area contributed by atoms with E-state index in [0.717, 1.165) is 10.5 Å². The Hall–Kier alpha value is -2.57. The summed E-state index contributed by atoms with van der Waals surface area (Å²) in [6, 6.07) is 8.46. The number of carbonyl (C=O) groups excluding carboxylic acids is 3. The molecule has 1 atom stereocenters. The molecule has 7 heteroatoms. The third-order valence-electron chi connectivity index (χ3n) is 3.81. The van der Waals surface area contributed by atoms with Crippen molar-refractivity contribution in [2.75, 3.05) is 6.54 Å². The van der Waals surface area contributed by atoms with Gasteiger partial charge in [-0.3, -0.25) is 4.79 Å². The Morgan fingerprint density at radius 3 is 2.54 bits per heavy atom. The van der Waals surface area contributed by atoms with Crippen LogP contribution < -0.4 is 5.32 Å². The minimum atomic E-state index is -0.798. The number of likely N-dealkylation sites (tertiary alicyclic amines) is 1. The summed E-state index contributed by atoms with van der Waals surface area (Å²) in [5.41, 5.74) is 0.159. The molecule has 1 aromatic rings. The predicted octanol–water partition coefficient (Wildman–Crippen LogP) is 3.23. The molecule has 0 bridgehead atoms. The van der Waals surface area contributed by atoms with E-state index in [1.807, 2.05) is 30.3 Å². The van der Waals surface area contributed by atoms with Crippen molar-refractivity contribution in [3.8, 4) is 0 Å². The van der Waals surface area contributed by atoms with Gasteiger partial charge in [0.05, 0.1) is 0 Å². The number of imide groups is 1. The molecule has 1 aliphatic rings. The zero-order valence-electron chi connectivity index (χ0n) is 15.5. The third kappa shape index (κ3) is 6.06. The van der Waals surface area contributed by atoms with Crippen molar-refractivity contribution >= 4 is 18.1 Å². The first-order valence-corrected chi connectivity index (χ1v) is 8.78. The molecule has 7 nitrogen and oxygen atoms in total. The Morgan fingerprint density at radius 2 is 1.88 bits per heavy atom. The van der Waals surface area contributed by atoms with Crippen molar-refractivity contribution in [2.45, 2.75) is 58.3 Å². The van der Waals surface area contributed by atoms with Gasteiger partial charge in [-0.25, -0.2) is 14.5 Å². The van der Waals surface area contributed by atoms with Crippen molar-refractivity contribution in [3.05, 3.63) is 35.9 Å². The molecule has 26 heavy (non-hydrogen) atoms. The number of rotatable bonds is 3. The number of benzene rings is 1. The molecule has 1 aromatic carbocycles. The van der Waals surface area contributed by atoms with Crippen molar-refractivity contribution < 1.29 is 23.9 Å². The molecule has 0 unspecified atom stereocenters. The molecule has 1 aliphatic heterocycles. The lowest BCUT2D eigenvalue weighted by Crippen LogP contribution is -2.50. The summed E-state index contributed by atoms with van der Waals surface area (Å²) in [6.07, 6.45) is 0.474. The second kappa shape index (κ2) is 8.69. The maximum Gasteiger partial charge on any atom is 0.417 e. The molecule has 0 saturated carbocycles. The van der Waals surface area contributed by atoms with E-state index in [1.165, 1.54) is 0 Å². The van der Waals surface area contributed by atoms with Crippen molar-refractivity contribution in [1.82, 2.24) is 10.2 Å². The van der Waals surface area contributed by atoms with E-state index in [4.69, 9.17) is 9.47 Å². The van der Waals surface area contributed by atoms with E-state index in [9.17, 15) is 14.4 Å². The molecule has 142 valence electrons. The molecule has 1 saturated heterocycles. The van der Waals surface area contributed by atoms with Gasteiger partial charge in [-0.15, -0.1) is 0 Å². The first-order chi connectivity index (χ1) is 12.3. The predicted molar refractivity (Wildman–Crippen MR) is 95.3 cm³/mol. The van der Waals surface area contributed by atoms with Gasteiger partial charge in [-0.2, -0.15) is 0 Å². The summed E-state index contributed by atoms with van der Waals surface area (Å²) >= 11 is 0. The first kappa shape index (κ1) is 19.8. The summed E-state index contributed by atoms with van der Waals surface area (Å²) in [5, 5.41) is 2.57. The molecule has 1 N–H and O–H groups in total. The molecule has 0 aromatic heterocycles. The van der Waals surface area contributed by atoms with Gasteiger partial charge >= 0.3 is 12.2 Å². The summed E-state index contributed by atoms with van der Waals surface area (Å²) in [7, 11) is 0. The zero-order valence-corrected chi connectivity index (χ0v) is 15.5. The molecule has 2 rings (SSSR count). The largest absolute Gasteiger partial charge is 0.445 e. The van der Waals surface area contributed by atoms with Gasteiger partial charge in [0.25, 0.3) is 5.91 Å². The fourth-order valence-electron chi connectivity index (χ4n) is 2.58. The van der Waals surface area contributed by atoms with Crippen molar-refractivity contribution in [3.63, 3.8) is 0 Å². The van der Waals surface area contributed by atoms with E-state index < -0.39 is 29.7 Å². The van der Waals surface area contributed by atoms with Gasteiger partial charge in [-0.05, 0) is 45.6 Å². The Morgan fingerprint density at radius 1 is 1.19 bits per heavy atom. The van der Waals surface area contributed by atoms with Crippen LogP contribution in [0.3, 0.4) is 0 Å². The summed E-state index contributed by atoms with van der Waals surface area (Å²) < 4.78 is 10.4. The summed E-state index contributed by atoms with van der Waals surface area (Å²) in [6.45, 7) is 5.62. The highest BCUT2D eigenvalue weighted by Gasteiger charge is 2.34. The van der Waals surface area contributed by atoms with E-state index in [-0.39, 0.29) is 13.2 Å². The molecule has 1 fully saturated rings. The minimum Gasteiger partial charge on any atom is -0.445 e. The number of carbonyl (C=O) groups is 3. The van der Waals surface area contributed by atoms with Gasteiger partial charge in [0.15, 0.2) is 0 Å². The second-order valence-corrected chi connectivity index (χ2v) is 7.22. The van der Waals surface area contributed by atoms with Crippen LogP contribution in [-0.2, 0) is 20.9 Å².